The number of carboxylic acids is 1. The molecule has 3 amide bonds. The Morgan fingerprint density at radius 3 is 2.06 bits per heavy atom. The number of carbonyl (C=O) groups excluding carboxylic acids is 3. The van der Waals surface area contributed by atoms with E-state index in [1.165, 1.54) is 12.1 Å². The number of nitrogens with one attached hydrogen (secondary N) is 3. The number of hydrogen-bond donors (Lipinski definition) is 8. The van der Waals surface area contributed by atoms with Gasteiger partial charge in [-0.3, -0.25) is 14.4 Å². The number of amides is 3. The van der Waals surface area contributed by atoms with Crippen LogP contribution in [0.2, 0.25) is 0 Å². The predicted octanol–water partition coefficient (Wildman–Crippen LogP) is -1.03. The minimum Gasteiger partial charge on any atom is -0.508 e. The number of benzene rings is 1. The number of nitrogens with two attached hydrogens (primary N) is 2. The van der Waals surface area contributed by atoms with Gasteiger partial charge >= 0.3 is 5.97 Å². The van der Waals surface area contributed by atoms with Crippen molar-refractivity contribution in [3.8, 4) is 5.75 Å². The molecule has 0 saturated carbocycles. The Bertz CT molecular complexity index is 865. The van der Waals surface area contributed by atoms with Gasteiger partial charge in [0.15, 0.2) is 0 Å². The van der Waals surface area contributed by atoms with Crippen LogP contribution in [0.5, 0.6) is 5.75 Å². The van der Waals surface area contributed by atoms with Crippen LogP contribution in [-0.2, 0) is 25.6 Å². The molecule has 12 nitrogen and oxygen atoms in total. The molecule has 5 unspecified atom stereocenters. The maximum atomic E-state index is 13.1. The van der Waals surface area contributed by atoms with E-state index in [0.29, 0.717) is 37.8 Å². The number of rotatable bonds is 16. The number of aliphatic carboxylic acids is 1. The highest BCUT2D eigenvalue weighted by Gasteiger charge is 2.31. The van der Waals surface area contributed by atoms with Gasteiger partial charge in [-0.25, -0.2) is 4.79 Å². The van der Waals surface area contributed by atoms with Crippen molar-refractivity contribution in [2.45, 2.75) is 70.1 Å². The van der Waals surface area contributed by atoms with Gasteiger partial charge in [0, 0.05) is 6.42 Å². The maximum absolute atomic E-state index is 13.1. The van der Waals surface area contributed by atoms with Crippen LogP contribution in [0.1, 0.15) is 45.1 Å². The van der Waals surface area contributed by atoms with Gasteiger partial charge in [-0.05, 0) is 43.0 Å². The molecule has 1 aromatic carbocycles. The molecular formula is C24H39N5O7. The molecule has 0 fully saturated rings. The molecular weight excluding hydrogens is 470 g/mol. The first-order chi connectivity index (χ1) is 17.0. The fourth-order valence-corrected chi connectivity index (χ4v) is 3.40. The number of phenols is 1. The number of aliphatic hydroxyl groups is 1. The van der Waals surface area contributed by atoms with Crippen LogP contribution in [0.15, 0.2) is 24.3 Å². The number of aliphatic hydroxyl groups excluding tert-OH is 1. The number of carbonyl (C=O) groups is 4. The zero-order chi connectivity index (χ0) is 27.3. The monoisotopic (exact) mass is 509 g/mol. The summed E-state index contributed by atoms with van der Waals surface area (Å²) in [6.45, 7) is 3.11. The molecule has 202 valence electrons. The first-order valence-electron chi connectivity index (χ1n) is 12.0. The molecule has 0 aliphatic rings. The van der Waals surface area contributed by atoms with Crippen LogP contribution in [0.25, 0.3) is 0 Å². The number of aromatic hydroxyl groups is 1. The van der Waals surface area contributed by atoms with Crippen LogP contribution in [0.4, 0.5) is 0 Å². The van der Waals surface area contributed by atoms with Crippen molar-refractivity contribution < 1.29 is 34.5 Å². The van der Waals surface area contributed by atoms with Gasteiger partial charge in [-0.1, -0.05) is 38.8 Å². The lowest BCUT2D eigenvalue weighted by Crippen LogP contribution is -2.59. The summed E-state index contributed by atoms with van der Waals surface area (Å²) in [4.78, 5) is 49.9. The normalized spacial score (nSPS) is 15.1. The Kier molecular flexibility index (Phi) is 13.4. The molecule has 1 aromatic rings. The predicted molar refractivity (Wildman–Crippen MR) is 133 cm³/mol. The third kappa shape index (κ3) is 10.2. The van der Waals surface area contributed by atoms with E-state index in [1.807, 2.05) is 0 Å². The van der Waals surface area contributed by atoms with E-state index in [4.69, 9.17) is 11.5 Å². The summed E-state index contributed by atoms with van der Waals surface area (Å²) in [6, 6.07) is 1.31. The molecule has 0 saturated heterocycles. The molecule has 0 radical (unpaired) electrons. The van der Waals surface area contributed by atoms with Crippen LogP contribution in [-0.4, -0.2) is 76.3 Å². The second-order valence-corrected chi connectivity index (χ2v) is 8.78. The third-order valence-corrected chi connectivity index (χ3v) is 5.91. The first kappa shape index (κ1) is 30.8. The number of carboxylic acid groups (broad SMARTS) is 1. The van der Waals surface area contributed by atoms with Crippen LogP contribution >= 0.6 is 0 Å². The molecule has 36 heavy (non-hydrogen) atoms. The Morgan fingerprint density at radius 1 is 0.944 bits per heavy atom. The van der Waals surface area contributed by atoms with Gasteiger partial charge in [-0.15, -0.1) is 0 Å². The SMILES string of the molecule is CCC(C)C(NC(=O)C(CO)NC(=O)C(Cc1ccc(O)cc1)NC(=O)C(N)CCCCN)C(=O)O. The number of hydrogen-bond acceptors (Lipinski definition) is 8. The molecule has 1 rings (SSSR count). The zero-order valence-corrected chi connectivity index (χ0v) is 20.8. The van der Waals surface area contributed by atoms with Gasteiger partial charge in [0.2, 0.25) is 17.7 Å². The van der Waals surface area contributed by atoms with Crippen LogP contribution < -0.4 is 27.4 Å². The van der Waals surface area contributed by atoms with E-state index in [0.717, 1.165) is 0 Å². The van der Waals surface area contributed by atoms with Gasteiger partial charge in [0.1, 0.15) is 23.9 Å². The summed E-state index contributed by atoms with van der Waals surface area (Å²) in [6.07, 6.45) is 2.19. The Balaban J connectivity index is 3.00. The van der Waals surface area contributed by atoms with E-state index in [1.54, 1.807) is 26.0 Å². The fourth-order valence-electron chi connectivity index (χ4n) is 3.40. The summed E-state index contributed by atoms with van der Waals surface area (Å²) in [5, 5.41) is 36.0. The second kappa shape index (κ2) is 15.7. The molecule has 0 aliphatic heterocycles. The Hall–Kier alpha value is -3.22. The van der Waals surface area contributed by atoms with Gasteiger partial charge < -0.3 is 42.7 Å². The lowest BCUT2D eigenvalue weighted by atomic mass is 9.99. The minimum atomic E-state index is -1.44. The average molecular weight is 510 g/mol. The van der Waals surface area contributed by atoms with Crippen molar-refractivity contribution in [1.82, 2.24) is 16.0 Å². The number of phenolic OH excluding ortho intramolecular Hbond substituents is 1. The van der Waals surface area contributed by atoms with Crippen molar-refractivity contribution in [3.05, 3.63) is 29.8 Å². The van der Waals surface area contributed by atoms with E-state index in [9.17, 15) is 34.5 Å². The standard InChI is InChI=1S/C24H39N5O7/c1-3-14(2)20(24(35)36)29-23(34)19(13-30)28-22(33)18(12-15-7-9-16(31)10-8-15)27-21(32)17(26)6-4-5-11-25/h7-10,14,17-20,30-31H,3-6,11-13,25-26H2,1-2H3,(H,27,32)(H,28,33)(H,29,34)(H,35,36). The van der Waals surface area contributed by atoms with Crippen molar-refractivity contribution in [2.24, 2.45) is 17.4 Å². The van der Waals surface area contributed by atoms with Crippen molar-refractivity contribution >= 4 is 23.7 Å². The highest BCUT2D eigenvalue weighted by atomic mass is 16.4. The molecule has 10 N–H and O–H groups in total. The summed E-state index contributed by atoms with van der Waals surface area (Å²) < 4.78 is 0. The Labute approximate surface area is 210 Å². The van der Waals surface area contributed by atoms with E-state index >= 15 is 0 Å². The quantitative estimate of drug-likeness (QED) is 0.128. The average Bonchev–Trinajstić information content (AvgIpc) is 2.85. The van der Waals surface area contributed by atoms with Gasteiger partial charge in [-0.2, -0.15) is 0 Å². The van der Waals surface area contributed by atoms with E-state index < -0.39 is 54.5 Å². The maximum Gasteiger partial charge on any atom is 0.326 e. The molecule has 5 atom stereocenters. The highest BCUT2D eigenvalue weighted by Crippen LogP contribution is 2.12. The summed E-state index contributed by atoms with van der Waals surface area (Å²) >= 11 is 0. The van der Waals surface area contributed by atoms with Gasteiger partial charge in [0.25, 0.3) is 0 Å². The smallest absolute Gasteiger partial charge is 0.326 e. The number of unbranched alkanes of at least 4 members (excludes halogenated alkanes) is 1. The lowest BCUT2D eigenvalue weighted by molar-refractivity contribution is -0.144. The summed E-state index contributed by atoms with van der Waals surface area (Å²) in [5.74, 6) is -3.80. The van der Waals surface area contributed by atoms with Gasteiger partial charge in [0.05, 0.1) is 12.6 Å². The molecule has 0 spiro atoms. The lowest BCUT2D eigenvalue weighted by Gasteiger charge is -2.26. The first-order valence-corrected chi connectivity index (χ1v) is 12.0. The molecule has 0 heterocycles. The van der Waals surface area contributed by atoms with Crippen LogP contribution in [0.3, 0.4) is 0 Å². The molecule has 12 heteroatoms. The van der Waals surface area contributed by atoms with E-state index in [2.05, 4.69) is 16.0 Å². The van der Waals surface area contributed by atoms with Crippen molar-refractivity contribution in [3.63, 3.8) is 0 Å². The zero-order valence-electron chi connectivity index (χ0n) is 20.8. The molecule has 0 aliphatic carbocycles. The largest absolute Gasteiger partial charge is 0.508 e. The van der Waals surface area contributed by atoms with Crippen molar-refractivity contribution in [2.75, 3.05) is 13.2 Å². The summed E-state index contributed by atoms with van der Waals surface area (Å²) in [5.41, 5.74) is 12.0. The fraction of sp³-hybridized carbons (Fsp3) is 0.583. The van der Waals surface area contributed by atoms with E-state index in [-0.39, 0.29) is 18.1 Å². The topological polar surface area (TPSA) is 217 Å². The van der Waals surface area contributed by atoms with Crippen molar-refractivity contribution in [1.29, 1.82) is 0 Å². The molecule has 0 aromatic heterocycles. The summed E-state index contributed by atoms with van der Waals surface area (Å²) in [7, 11) is 0. The second-order valence-electron chi connectivity index (χ2n) is 8.78. The third-order valence-electron chi connectivity index (χ3n) is 5.91. The highest BCUT2D eigenvalue weighted by molar-refractivity contribution is 5.94. The minimum absolute atomic E-state index is 0.0117. The Morgan fingerprint density at radius 2 is 1.53 bits per heavy atom. The molecule has 0 bridgehead atoms. The van der Waals surface area contributed by atoms with Crippen LogP contribution in [0, 0.1) is 5.92 Å².